The predicted octanol–water partition coefficient (Wildman–Crippen LogP) is 3.40. The van der Waals surface area contributed by atoms with E-state index < -0.39 is 5.91 Å². The lowest BCUT2D eigenvalue weighted by atomic mass is 9.97. The van der Waals surface area contributed by atoms with Gasteiger partial charge in [0.05, 0.1) is 17.2 Å². The number of carbonyl (C=O) groups is 2. The zero-order valence-electron chi connectivity index (χ0n) is 17.2. The minimum Gasteiger partial charge on any atom is -0.366 e. The lowest BCUT2D eigenvalue weighted by molar-refractivity contribution is -0.127. The van der Waals surface area contributed by atoms with Crippen LogP contribution in [0.2, 0.25) is 0 Å². The second kappa shape index (κ2) is 8.95. The van der Waals surface area contributed by atoms with Gasteiger partial charge in [0.2, 0.25) is 5.91 Å². The number of nitriles is 1. The lowest BCUT2D eigenvalue weighted by Gasteiger charge is -2.17. The van der Waals surface area contributed by atoms with E-state index in [0.29, 0.717) is 17.5 Å². The monoisotopic (exact) mass is 392 g/mol. The van der Waals surface area contributed by atoms with Gasteiger partial charge in [0.1, 0.15) is 0 Å². The summed E-state index contributed by atoms with van der Waals surface area (Å²) in [6.07, 6.45) is 4.19. The van der Waals surface area contributed by atoms with Crippen molar-refractivity contribution in [3.05, 3.63) is 46.8 Å². The fourth-order valence-electron chi connectivity index (χ4n) is 4.28. The van der Waals surface area contributed by atoms with Crippen LogP contribution in [0.15, 0.2) is 24.3 Å². The molecule has 2 aromatic rings. The average Bonchev–Trinajstić information content (AvgIpc) is 3.24. The maximum Gasteiger partial charge on any atom is 0.251 e. The standard InChI is InChI=1S/C23H28N4O2/c1-3-6-19-22(18-10-8-17(15-24)9-11-18)21(23(25)29)16(2)27(19)14-5-13-26-12-4-7-20(26)28/h8-11H,3-7,12-14H2,1-2H3,(H2,25,29). The molecule has 1 aliphatic heterocycles. The Balaban J connectivity index is 1.97. The minimum absolute atomic E-state index is 0.235. The number of rotatable bonds is 8. The van der Waals surface area contributed by atoms with Gasteiger partial charge >= 0.3 is 0 Å². The van der Waals surface area contributed by atoms with E-state index in [4.69, 9.17) is 11.0 Å². The fourth-order valence-corrected chi connectivity index (χ4v) is 4.28. The highest BCUT2D eigenvalue weighted by Gasteiger charge is 2.25. The number of hydrogen-bond acceptors (Lipinski definition) is 3. The van der Waals surface area contributed by atoms with Crippen LogP contribution in [0, 0.1) is 18.3 Å². The van der Waals surface area contributed by atoms with Crippen molar-refractivity contribution in [1.82, 2.24) is 9.47 Å². The number of benzene rings is 1. The summed E-state index contributed by atoms with van der Waals surface area (Å²) in [7, 11) is 0. The third kappa shape index (κ3) is 4.19. The number of likely N-dealkylation sites (tertiary alicyclic amines) is 1. The number of hydrogen-bond donors (Lipinski definition) is 1. The summed E-state index contributed by atoms with van der Waals surface area (Å²) in [5, 5.41) is 9.08. The molecule has 0 bridgehead atoms. The van der Waals surface area contributed by atoms with Gasteiger partial charge in [-0.25, -0.2) is 0 Å². The highest BCUT2D eigenvalue weighted by Crippen LogP contribution is 2.34. The van der Waals surface area contributed by atoms with E-state index >= 15 is 0 Å². The number of nitrogens with zero attached hydrogens (tertiary/aromatic N) is 3. The van der Waals surface area contributed by atoms with Crippen LogP contribution in [0.25, 0.3) is 11.1 Å². The van der Waals surface area contributed by atoms with Crippen molar-refractivity contribution in [3.63, 3.8) is 0 Å². The van der Waals surface area contributed by atoms with Crippen LogP contribution in [0.3, 0.4) is 0 Å². The van der Waals surface area contributed by atoms with E-state index in [1.54, 1.807) is 12.1 Å². The summed E-state index contributed by atoms with van der Waals surface area (Å²) >= 11 is 0. The number of amides is 2. The van der Waals surface area contributed by atoms with Crippen LogP contribution < -0.4 is 5.73 Å². The molecule has 1 aromatic carbocycles. The van der Waals surface area contributed by atoms with Crippen molar-refractivity contribution in [2.75, 3.05) is 13.1 Å². The SMILES string of the molecule is CCCc1c(-c2ccc(C#N)cc2)c(C(N)=O)c(C)n1CCCN1CCCC1=O. The summed E-state index contributed by atoms with van der Waals surface area (Å²) in [5.74, 6) is -0.202. The van der Waals surface area contributed by atoms with Crippen molar-refractivity contribution in [1.29, 1.82) is 5.26 Å². The van der Waals surface area contributed by atoms with Crippen LogP contribution in [-0.4, -0.2) is 34.4 Å². The topological polar surface area (TPSA) is 92.1 Å². The van der Waals surface area contributed by atoms with Gasteiger partial charge in [-0.1, -0.05) is 25.5 Å². The van der Waals surface area contributed by atoms with Gasteiger partial charge in [-0.15, -0.1) is 0 Å². The Morgan fingerprint density at radius 3 is 2.52 bits per heavy atom. The average molecular weight is 393 g/mol. The summed E-state index contributed by atoms with van der Waals surface area (Å²) in [4.78, 5) is 26.1. The van der Waals surface area contributed by atoms with Crippen LogP contribution in [0.4, 0.5) is 0 Å². The summed E-state index contributed by atoms with van der Waals surface area (Å²) in [5.41, 5.74) is 10.6. The zero-order chi connectivity index (χ0) is 21.0. The Bertz CT molecular complexity index is 951. The summed E-state index contributed by atoms with van der Waals surface area (Å²) < 4.78 is 2.19. The first-order chi connectivity index (χ1) is 14.0. The molecule has 2 heterocycles. The van der Waals surface area contributed by atoms with E-state index in [0.717, 1.165) is 67.8 Å². The first kappa shape index (κ1) is 20.7. The molecule has 2 amide bonds. The van der Waals surface area contributed by atoms with Gasteiger partial charge in [-0.3, -0.25) is 9.59 Å². The van der Waals surface area contributed by atoms with Gasteiger partial charge in [0.15, 0.2) is 0 Å². The molecule has 0 atom stereocenters. The molecule has 1 aromatic heterocycles. The molecule has 29 heavy (non-hydrogen) atoms. The Kier molecular flexibility index (Phi) is 6.38. The third-order valence-corrected chi connectivity index (χ3v) is 5.65. The molecule has 0 aliphatic carbocycles. The number of carbonyl (C=O) groups excluding carboxylic acids is 2. The van der Waals surface area contributed by atoms with Gasteiger partial charge in [-0.05, 0) is 43.9 Å². The largest absolute Gasteiger partial charge is 0.366 e. The predicted molar refractivity (Wildman–Crippen MR) is 112 cm³/mol. The van der Waals surface area contributed by atoms with E-state index in [-0.39, 0.29) is 5.91 Å². The number of nitrogens with two attached hydrogens (primary N) is 1. The number of aromatic nitrogens is 1. The van der Waals surface area contributed by atoms with Crippen molar-refractivity contribution >= 4 is 11.8 Å². The van der Waals surface area contributed by atoms with Gasteiger partial charge in [0, 0.05) is 43.0 Å². The number of primary amides is 1. The maximum absolute atomic E-state index is 12.3. The van der Waals surface area contributed by atoms with Crippen LogP contribution in [0.1, 0.15) is 59.9 Å². The van der Waals surface area contributed by atoms with Crippen LogP contribution in [0.5, 0.6) is 0 Å². The quantitative estimate of drug-likeness (QED) is 0.746. The van der Waals surface area contributed by atoms with Crippen molar-refractivity contribution in [2.45, 2.75) is 52.5 Å². The fraction of sp³-hybridized carbons (Fsp3) is 0.435. The maximum atomic E-state index is 12.3. The molecule has 1 saturated heterocycles. The van der Waals surface area contributed by atoms with Crippen molar-refractivity contribution < 1.29 is 9.59 Å². The molecule has 152 valence electrons. The van der Waals surface area contributed by atoms with E-state index in [2.05, 4.69) is 17.6 Å². The van der Waals surface area contributed by atoms with E-state index in [1.807, 2.05) is 24.0 Å². The Morgan fingerprint density at radius 1 is 1.24 bits per heavy atom. The molecule has 0 radical (unpaired) electrons. The molecule has 3 rings (SSSR count). The Morgan fingerprint density at radius 2 is 1.97 bits per heavy atom. The second-order valence-electron chi connectivity index (χ2n) is 7.58. The lowest BCUT2D eigenvalue weighted by Crippen LogP contribution is -2.26. The van der Waals surface area contributed by atoms with Crippen LogP contribution in [-0.2, 0) is 17.8 Å². The summed E-state index contributed by atoms with van der Waals surface area (Å²) in [6.45, 7) is 6.37. The first-order valence-electron chi connectivity index (χ1n) is 10.3. The smallest absolute Gasteiger partial charge is 0.251 e. The van der Waals surface area contributed by atoms with Gasteiger partial charge < -0.3 is 15.2 Å². The molecule has 0 saturated carbocycles. The normalized spacial score (nSPS) is 13.7. The highest BCUT2D eigenvalue weighted by molar-refractivity contribution is 6.02. The zero-order valence-corrected chi connectivity index (χ0v) is 17.2. The molecule has 6 heteroatoms. The second-order valence-corrected chi connectivity index (χ2v) is 7.58. The molecule has 1 aliphatic rings. The summed E-state index contributed by atoms with van der Waals surface area (Å²) in [6, 6.07) is 9.42. The first-order valence-corrected chi connectivity index (χ1v) is 10.3. The Hall–Kier alpha value is -3.07. The molecular weight excluding hydrogens is 364 g/mol. The molecule has 2 N–H and O–H groups in total. The third-order valence-electron chi connectivity index (χ3n) is 5.65. The molecule has 6 nitrogen and oxygen atoms in total. The van der Waals surface area contributed by atoms with E-state index in [9.17, 15) is 9.59 Å². The molecule has 0 spiro atoms. The van der Waals surface area contributed by atoms with E-state index in [1.165, 1.54) is 0 Å². The molecule has 0 unspecified atom stereocenters. The van der Waals surface area contributed by atoms with Gasteiger partial charge in [0.25, 0.3) is 5.91 Å². The van der Waals surface area contributed by atoms with Crippen molar-refractivity contribution in [2.24, 2.45) is 5.73 Å². The van der Waals surface area contributed by atoms with Crippen molar-refractivity contribution in [3.8, 4) is 17.2 Å². The Labute approximate surface area is 171 Å². The van der Waals surface area contributed by atoms with Gasteiger partial charge in [-0.2, -0.15) is 5.26 Å². The minimum atomic E-state index is -0.437. The highest BCUT2D eigenvalue weighted by atomic mass is 16.2. The molecular formula is C23H28N4O2. The van der Waals surface area contributed by atoms with Crippen LogP contribution >= 0.6 is 0 Å². The molecule has 1 fully saturated rings.